The number of thioether (sulfide) groups is 1. The maximum Gasteiger partial charge on any atom is 0.0767 e. The molecule has 5 heteroatoms. The van der Waals surface area contributed by atoms with Gasteiger partial charge in [0.1, 0.15) is 0 Å². The highest BCUT2D eigenvalue weighted by Crippen LogP contribution is 2.21. The predicted molar refractivity (Wildman–Crippen MR) is 79.6 cm³/mol. The number of hydrogen-bond donors (Lipinski definition) is 1. The zero-order valence-electron chi connectivity index (χ0n) is 11.1. The molecular formula is C12H22BrN3S. The molecule has 98 valence electrons. The molecule has 1 atom stereocenters. The summed E-state index contributed by atoms with van der Waals surface area (Å²) in [5.74, 6) is 0. The molecule has 1 aromatic rings. The second-order valence-electron chi connectivity index (χ2n) is 4.20. The van der Waals surface area contributed by atoms with Crippen LogP contribution in [0.5, 0.6) is 0 Å². The van der Waals surface area contributed by atoms with Gasteiger partial charge in [0, 0.05) is 18.8 Å². The predicted octanol–water partition coefficient (Wildman–Crippen LogP) is 2.98. The minimum absolute atomic E-state index is 0.726. The molecule has 3 nitrogen and oxygen atoms in total. The molecule has 0 spiro atoms. The first-order chi connectivity index (χ1) is 8.10. The normalized spacial score (nSPS) is 13.0. The van der Waals surface area contributed by atoms with Gasteiger partial charge in [0.2, 0.25) is 0 Å². The van der Waals surface area contributed by atoms with E-state index in [1.165, 1.54) is 12.1 Å². The van der Waals surface area contributed by atoms with Gasteiger partial charge in [0.25, 0.3) is 0 Å². The van der Waals surface area contributed by atoms with E-state index in [0.717, 1.165) is 34.9 Å². The number of rotatable bonds is 7. The Morgan fingerprint density at radius 3 is 2.76 bits per heavy atom. The van der Waals surface area contributed by atoms with Crippen LogP contribution in [0.25, 0.3) is 0 Å². The third-order valence-corrected chi connectivity index (χ3v) is 4.88. The lowest BCUT2D eigenvalue weighted by atomic mass is 10.3. The lowest BCUT2D eigenvalue weighted by Gasteiger charge is -2.09. The van der Waals surface area contributed by atoms with Crippen molar-refractivity contribution in [2.75, 3.05) is 12.8 Å². The van der Waals surface area contributed by atoms with Crippen LogP contribution >= 0.6 is 27.7 Å². The van der Waals surface area contributed by atoms with E-state index in [4.69, 9.17) is 0 Å². The third kappa shape index (κ3) is 4.30. The van der Waals surface area contributed by atoms with Crippen molar-refractivity contribution in [2.24, 2.45) is 7.05 Å². The number of aromatic nitrogens is 2. The summed E-state index contributed by atoms with van der Waals surface area (Å²) in [4.78, 5) is 0. The molecule has 0 aliphatic rings. The number of aryl methyl sites for hydroxylation is 2. The Morgan fingerprint density at radius 1 is 1.53 bits per heavy atom. The van der Waals surface area contributed by atoms with E-state index in [0.29, 0.717) is 0 Å². The molecule has 0 fully saturated rings. The lowest BCUT2D eigenvalue weighted by Crippen LogP contribution is -2.19. The van der Waals surface area contributed by atoms with Gasteiger partial charge in [0.05, 0.1) is 15.9 Å². The van der Waals surface area contributed by atoms with E-state index in [1.807, 2.05) is 23.5 Å². The molecule has 1 rings (SSSR count). The lowest BCUT2D eigenvalue weighted by molar-refractivity contribution is 0.603. The average molecular weight is 320 g/mol. The molecule has 1 N–H and O–H groups in total. The molecule has 0 amide bonds. The fraction of sp³-hybridized carbons (Fsp3) is 0.750. The van der Waals surface area contributed by atoms with E-state index in [2.05, 4.69) is 46.4 Å². The Hall–Kier alpha value is -0.000000000000000111. The van der Waals surface area contributed by atoms with Gasteiger partial charge in [-0.25, -0.2) is 0 Å². The molecule has 17 heavy (non-hydrogen) atoms. The Bertz CT molecular complexity index is 352. The fourth-order valence-electron chi connectivity index (χ4n) is 1.64. The first kappa shape index (κ1) is 15.1. The van der Waals surface area contributed by atoms with Crippen LogP contribution in [0, 0.1) is 0 Å². The third-order valence-electron chi connectivity index (χ3n) is 2.93. The summed E-state index contributed by atoms with van der Waals surface area (Å²) in [5, 5.41) is 8.69. The fourth-order valence-corrected chi connectivity index (χ4v) is 2.75. The summed E-state index contributed by atoms with van der Waals surface area (Å²) < 4.78 is 3.13. The van der Waals surface area contributed by atoms with E-state index < -0.39 is 0 Å². The minimum atomic E-state index is 0.726. The van der Waals surface area contributed by atoms with Gasteiger partial charge < -0.3 is 5.32 Å². The molecule has 1 aromatic heterocycles. The highest BCUT2D eigenvalue weighted by atomic mass is 79.9. The second-order valence-corrected chi connectivity index (χ2v) is 6.27. The quantitative estimate of drug-likeness (QED) is 0.784. The van der Waals surface area contributed by atoms with Gasteiger partial charge >= 0.3 is 0 Å². The first-order valence-electron chi connectivity index (χ1n) is 6.03. The van der Waals surface area contributed by atoms with E-state index in [1.54, 1.807) is 0 Å². The summed E-state index contributed by atoms with van der Waals surface area (Å²) in [5.41, 5.74) is 2.38. The monoisotopic (exact) mass is 319 g/mol. The molecule has 0 bridgehead atoms. The van der Waals surface area contributed by atoms with Crippen LogP contribution in [0.2, 0.25) is 0 Å². The first-order valence-corrected chi connectivity index (χ1v) is 8.12. The molecule has 0 saturated heterocycles. The molecular weight excluding hydrogens is 298 g/mol. The summed E-state index contributed by atoms with van der Waals surface area (Å²) in [7, 11) is 2.01. The van der Waals surface area contributed by atoms with E-state index >= 15 is 0 Å². The molecule has 0 saturated carbocycles. The average Bonchev–Trinajstić information content (AvgIpc) is 2.60. The summed E-state index contributed by atoms with van der Waals surface area (Å²) in [6.45, 7) is 6.33. The van der Waals surface area contributed by atoms with Gasteiger partial charge in [-0.1, -0.05) is 13.8 Å². The summed E-state index contributed by atoms with van der Waals surface area (Å²) >= 11 is 5.55. The van der Waals surface area contributed by atoms with E-state index in [-0.39, 0.29) is 0 Å². The molecule has 0 radical (unpaired) electrons. The SMILES string of the molecule is CCc1nn(C)c(CNCCC(C)SC)c1Br. The largest absolute Gasteiger partial charge is 0.311 e. The van der Waals surface area contributed by atoms with Crippen molar-refractivity contribution in [3.05, 3.63) is 15.9 Å². The molecule has 0 aromatic carbocycles. The molecule has 1 heterocycles. The Morgan fingerprint density at radius 2 is 2.24 bits per heavy atom. The van der Waals surface area contributed by atoms with Crippen molar-refractivity contribution in [3.8, 4) is 0 Å². The van der Waals surface area contributed by atoms with E-state index in [9.17, 15) is 0 Å². The summed E-state index contributed by atoms with van der Waals surface area (Å²) in [6.07, 6.45) is 4.34. The van der Waals surface area contributed by atoms with Gasteiger partial charge in [0.15, 0.2) is 0 Å². The van der Waals surface area contributed by atoms with Crippen molar-refractivity contribution >= 4 is 27.7 Å². The molecule has 0 aliphatic heterocycles. The standard InChI is InChI=1S/C12H22BrN3S/c1-5-10-12(13)11(16(3)15-10)8-14-7-6-9(2)17-4/h9,14H,5-8H2,1-4H3. The maximum absolute atomic E-state index is 4.48. The van der Waals surface area contributed by atoms with Crippen molar-refractivity contribution < 1.29 is 0 Å². The smallest absolute Gasteiger partial charge is 0.0767 e. The van der Waals surface area contributed by atoms with Crippen LogP contribution in [0.1, 0.15) is 31.7 Å². The topological polar surface area (TPSA) is 29.9 Å². The zero-order valence-corrected chi connectivity index (χ0v) is 13.5. The number of nitrogens with one attached hydrogen (secondary N) is 1. The number of nitrogens with zero attached hydrogens (tertiary/aromatic N) is 2. The van der Waals surface area contributed by atoms with Crippen molar-refractivity contribution in [2.45, 2.75) is 38.5 Å². The minimum Gasteiger partial charge on any atom is -0.311 e. The van der Waals surface area contributed by atoms with Gasteiger partial charge in [-0.15, -0.1) is 0 Å². The van der Waals surface area contributed by atoms with Crippen LogP contribution in [-0.4, -0.2) is 27.8 Å². The van der Waals surface area contributed by atoms with Crippen molar-refractivity contribution in [3.63, 3.8) is 0 Å². The van der Waals surface area contributed by atoms with Crippen molar-refractivity contribution in [1.82, 2.24) is 15.1 Å². The van der Waals surface area contributed by atoms with Crippen LogP contribution < -0.4 is 5.32 Å². The van der Waals surface area contributed by atoms with Crippen LogP contribution in [0.15, 0.2) is 4.47 Å². The van der Waals surface area contributed by atoms with Gasteiger partial charge in [-0.2, -0.15) is 16.9 Å². The van der Waals surface area contributed by atoms with Crippen LogP contribution in [0.4, 0.5) is 0 Å². The Labute approximate surface area is 117 Å². The number of halogens is 1. The number of hydrogen-bond acceptors (Lipinski definition) is 3. The van der Waals surface area contributed by atoms with Gasteiger partial charge in [-0.05, 0) is 41.6 Å². The zero-order chi connectivity index (χ0) is 12.8. The summed E-state index contributed by atoms with van der Waals surface area (Å²) in [6, 6.07) is 0. The second kappa shape index (κ2) is 7.44. The molecule has 1 unspecified atom stereocenters. The highest BCUT2D eigenvalue weighted by Gasteiger charge is 2.11. The van der Waals surface area contributed by atoms with Crippen LogP contribution in [0.3, 0.4) is 0 Å². The Kier molecular flexibility index (Phi) is 6.59. The highest BCUT2D eigenvalue weighted by molar-refractivity contribution is 9.10. The Balaban J connectivity index is 2.44. The maximum atomic E-state index is 4.48. The molecule has 0 aliphatic carbocycles. The van der Waals surface area contributed by atoms with Crippen LogP contribution in [-0.2, 0) is 20.0 Å². The van der Waals surface area contributed by atoms with Crippen molar-refractivity contribution in [1.29, 1.82) is 0 Å². The van der Waals surface area contributed by atoms with Gasteiger partial charge in [-0.3, -0.25) is 4.68 Å².